The molecule has 12 amide bonds. The number of hydroxylamine groups is 6. The summed E-state index contributed by atoms with van der Waals surface area (Å²) in [5.74, 6) is 0. The molecule has 9 aliphatic rings. The van der Waals surface area contributed by atoms with Crippen LogP contribution >= 0.6 is 34.0 Å². The first-order chi connectivity index (χ1) is 37.9. The number of urea groups is 6. The van der Waals surface area contributed by atoms with Crippen molar-refractivity contribution in [3.8, 4) is 0 Å². The number of amides is 12. The van der Waals surface area contributed by atoms with E-state index in [0.29, 0.717) is 103 Å². The van der Waals surface area contributed by atoms with Crippen molar-refractivity contribution in [2.45, 2.75) is 118 Å². The van der Waals surface area contributed by atoms with Crippen LogP contribution in [0, 0.1) is 0 Å². The topological polar surface area (TPSA) is 237 Å². The largest absolute Gasteiger partial charge is 1.00 e. The molecular weight excluding hydrogens is 1120 g/mol. The Balaban J connectivity index is 0.000000145. The van der Waals surface area contributed by atoms with Gasteiger partial charge in [-0.3, -0.25) is 10.0 Å². The minimum Gasteiger partial charge on any atom is -0.724 e. The maximum atomic E-state index is 12.8. The van der Waals surface area contributed by atoms with E-state index >= 15 is 0 Å². The molecule has 0 saturated carbocycles. The Morgan fingerprint density at radius 3 is 1.27 bits per heavy atom. The van der Waals surface area contributed by atoms with E-state index in [9.17, 15) is 46.9 Å². The number of rotatable bonds is 11. The summed E-state index contributed by atoms with van der Waals surface area (Å²) >= 11 is 5.01. The van der Waals surface area contributed by atoms with Gasteiger partial charge in [-0.25, -0.2) is 37.2 Å². The van der Waals surface area contributed by atoms with Gasteiger partial charge in [-0.15, -0.1) is 40.6 Å². The minimum absolute atomic E-state index is 0. The summed E-state index contributed by atoms with van der Waals surface area (Å²) in [5, 5.41) is 13.1. The molecule has 0 aromatic carbocycles. The molecule has 430 valence electrons. The second-order valence-electron chi connectivity index (χ2n) is 20.5. The van der Waals surface area contributed by atoms with Crippen LogP contribution in [0.5, 0.6) is 0 Å². The zero-order valence-electron chi connectivity index (χ0n) is 46.5. The normalized spacial score (nSPS) is 20.9. The van der Waals surface area contributed by atoms with Gasteiger partial charge >= 0.3 is 65.7 Å². The molecule has 0 spiro atoms. The molecule has 3 aromatic rings. The minimum atomic E-state index is -5.04. The van der Waals surface area contributed by atoms with Crippen LogP contribution in [-0.2, 0) is 78.1 Å². The molecule has 3 aromatic heterocycles. The van der Waals surface area contributed by atoms with Gasteiger partial charge in [0.05, 0.1) is 26.2 Å². The van der Waals surface area contributed by atoms with E-state index < -0.39 is 22.5 Å². The number of hydrogen-bond donors (Lipinski definition) is 1. The summed E-state index contributed by atoms with van der Waals surface area (Å²) in [4.78, 5) is 104. The molecule has 12 heterocycles. The van der Waals surface area contributed by atoms with Crippen LogP contribution in [0.15, 0.2) is 12.7 Å². The first-order valence-corrected chi connectivity index (χ1v) is 31.0. The van der Waals surface area contributed by atoms with Crippen molar-refractivity contribution in [1.29, 1.82) is 0 Å². The number of hydrogen-bond acceptors (Lipinski definition) is 15. The molecule has 3 saturated heterocycles. The number of fused-ring (bicyclic) bond motifs is 18. The maximum Gasteiger partial charge on any atom is 1.00 e. The zero-order chi connectivity index (χ0) is 56.4. The van der Waals surface area contributed by atoms with E-state index in [-0.39, 0.29) is 78.3 Å². The van der Waals surface area contributed by atoms with E-state index in [1.165, 1.54) is 52.6 Å². The smallest absolute Gasteiger partial charge is 0.724 e. The molecule has 6 bridgehead atoms. The van der Waals surface area contributed by atoms with Gasteiger partial charge in [-0.2, -0.15) is 19.5 Å². The fraction of sp³-hybridized carbons (Fsp3) is 0.608. The third-order valence-electron chi connectivity index (χ3n) is 16.4. The van der Waals surface area contributed by atoms with Gasteiger partial charge in [0.2, 0.25) is 10.4 Å². The summed E-state index contributed by atoms with van der Waals surface area (Å²) in [6.07, 6.45) is 4.10. The van der Waals surface area contributed by atoms with Crippen LogP contribution < -0.4 is 29.6 Å². The fourth-order valence-electron chi connectivity index (χ4n) is 12.2. The Morgan fingerprint density at radius 2 is 0.912 bits per heavy atom. The van der Waals surface area contributed by atoms with Crippen molar-refractivity contribution >= 4 is 80.6 Å². The van der Waals surface area contributed by atoms with E-state index in [1.807, 2.05) is 70.9 Å². The van der Waals surface area contributed by atoms with E-state index in [4.69, 9.17) is 4.84 Å². The van der Waals surface area contributed by atoms with Gasteiger partial charge in [0.15, 0.2) is 0 Å². The van der Waals surface area contributed by atoms with Gasteiger partial charge in [-0.1, -0.05) is 6.08 Å². The van der Waals surface area contributed by atoms with E-state index in [1.54, 1.807) is 38.5 Å². The summed E-state index contributed by atoms with van der Waals surface area (Å²) in [7, 11) is -5.04. The SMILES string of the molecule is C=CCON1C(=O)N2Cc3c(sc4c3CN(C(=O)N(CC)CC)CC4)C1C2.CCN(CC)C(=O)N1CCc2sc3c(c2C1)CN1CC3N(O)C1=O.CCN(CC)C(=O)N1CCc2sc3c(c2C1)CN1CC3N(OS(=O)(=O)[O-])C1=O.[Na+]. The molecule has 3 atom stereocenters. The molecule has 3 unspecified atom stereocenters. The predicted molar refractivity (Wildman–Crippen MR) is 290 cm³/mol. The van der Waals surface area contributed by atoms with Crippen molar-refractivity contribution in [3.63, 3.8) is 0 Å². The Hall–Kier alpha value is -4.75. The molecule has 24 nitrogen and oxygen atoms in total. The standard InChI is InChI=1S/C19H26N4O3S.C16H22N4O6S2.C16H22N4O3S.Na/c1-4-9-26-23-15-12-22(19(23)25)11-14-13-10-21(18(24)20(5-2)6-3)8-7-16(13)27-17(14)15;1-3-17(4-2)15(21)18-6-5-13-10(7-18)11-8-19-9-12(14(11)27-13)20(16(19)22)26-28(23,24)25;1-3-17(4-2)15(21)18-6-5-13-10(7-18)11-8-19-9-12(14(11)24-13)20(23)16(19)22;/h4,15H,1,5-12H2,2-3H3;12H,3-9H2,1-2H3,(H,23,24,25);12,23H,3-9H2,1-2H3;/q;;;+1/p-1. The number of nitrogens with zero attached hydrogens (tertiary/aromatic N) is 12. The van der Waals surface area contributed by atoms with Crippen molar-refractivity contribution < 1.29 is 85.6 Å². The van der Waals surface area contributed by atoms with Crippen LogP contribution in [0.4, 0.5) is 28.8 Å². The predicted octanol–water partition coefficient (Wildman–Crippen LogP) is 3.48. The molecule has 12 rings (SSSR count). The number of carbonyl (C=O) groups is 6. The van der Waals surface area contributed by atoms with Crippen molar-refractivity contribution in [1.82, 2.24) is 59.3 Å². The zero-order valence-corrected chi connectivity index (χ0v) is 51.8. The quantitative estimate of drug-likeness (QED) is 0.0956. The Kier molecular flexibility index (Phi) is 18.1. The molecule has 80 heavy (non-hydrogen) atoms. The summed E-state index contributed by atoms with van der Waals surface area (Å²) < 4.78 is 37.5. The van der Waals surface area contributed by atoms with Gasteiger partial charge in [0.1, 0.15) is 18.1 Å². The van der Waals surface area contributed by atoms with E-state index in [0.717, 1.165) is 75.4 Å². The van der Waals surface area contributed by atoms with Gasteiger partial charge < -0.3 is 48.7 Å². The maximum absolute atomic E-state index is 12.8. The summed E-state index contributed by atoms with van der Waals surface area (Å²) in [6, 6.07) is -1.76. The molecule has 0 aliphatic carbocycles. The molecule has 9 aliphatic heterocycles. The average molecular weight is 1190 g/mol. The van der Waals surface area contributed by atoms with Crippen molar-refractivity contribution in [2.24, 2.45) is 0 Å². The molecule has 29 heteroatoms. The van der Waals surface area contributed by atoms with Crippen LogP contribution in [0.25, 0.3) is 0 Å². The van der Waals surface area contributed by atoms with Crippen LogP contribution in [0.1, 0.15) is 122 Å². The van der Waals surface area contributed by atoms with Gasteiger partial charge in [-0.05, 0) is 94.2 Å². The molecule has 0 radical (unpaired) electrons. The van der Waals surface area contributed by atoms with Crippen molar-refractivity contribution in [2.75, 3.05) is 85.1 Å². The van der Waals surface area contributed by atoms with Crippen molar-refractivity contribution in [3.05, 3.63) is 75.3 Å². The second kappa shape index (κ2) is 24.2. The summed E-state index contributed by atoms with van der Waals surface area (Å²) in [5.41, 5.74) is 6.78. The van der Waals surface area contributed by atoms with Crippen LogP contribution in [0.2, 0.25) is 0 Å². The molecular formula is C51H69N12NaO12S4. The first-order valence-electron chi connectivity index (χ1n) is 27.2. The number of thiophene rings is 3. The molecule has 1 N–H and O–H groups in total. The third kappa shape index (κ3) is 10.9. The van der Waals surface area contributed by atoms with E-state index in [2.05, 4.69) is 10.9 Å². The fourth-order valence-corrected chi connectivity index (χ4v) is 16.7. The van der Waals surface area contributed by atoms with Gasteiger partial charge in [0, 0.05) is 127 Å². The van der Waals surface area contributed by atoms with Crippen LogP contribution in [-0.4, -0.2) is 199 Å². The Labute approximate surface area is 500 Å². The number of carbonyl (C=O) groups excluding carboxylic acids is 6. The Morgan fingerprint density at radius 1 is 0.575 bits per heavy atom. The van der Waals surface area contributed by atoms with Gasteiger partial charge in [0.25, 0.3) is 0 Å². The Bertz CT molecular complexity index is 3030. The van der Waals surface area contributed by atoms with Crippen LogP contribution in [0.3, 0.4) is 0 Å². The second-order valence-corrected chi connectivity index (χ2v) is 24.9. The molecule has 3 fully saturated rings. The third-order valence-corrected chi connectivity index (χ3v) is 21.0. The average Bonchev–Trinajstić information content (AvgIpc) is 4.47. The first kappa shape index (κ1) is 59.9. The summed E-state index contributed by atoms with van der Waals surface area (Å²) in [6.45, 7) is 26.8. The monoisotopic (exact) mass is 1190 g/mol.